The summed E-state index contributed by atoms with van der Waals surface area (Å²) in [6, 6.07) is 8.01. The number of benzene rings is 1. The molecule has 1 radical (unpaired) electrons. The molecule has 0 heterocycles. The van der Waals surface area contributed by atoms with Crippen LogP contribution in [0.25, 0.3) is 0 Å². The SMILES string of the molecule is C[Si](C)OC(c1ccccc1C(=O)C1CC1)C(C)(C)C. The predicted molar refractivity (Wildman–Crippen MR) is 84.3 cm³/mol. The Labute approximate surface area is 124 Å². The van der Waals surface area contributed by atoms with Crippen LogP contribution in [0.3, 0.4) is 0 Å². The van der Waals surface area contributed by atoms with Gasteiger partial charge in [0.05, 0.1) is 6.10 Å². The summed E-state index contributed by atoms with van der Waals surface area (Å²) < 4.78 is 6.24. The second-order valence-electron chi connectivity index (χ2n) is 7.00. The van der Waals surface area contributed by atoms with Crippen molar-refractivity contribution in [3.05, 3.63) is 35.4 Å². The Morgan fingerprint density at radius 3 is 2.35 bits per heavy atom. The molecule has 2 nitrogen and oxygen atoms in total. The third kappa shape index (κ3) is 3.58. The number of hydrogen-bond donors (Lipinski definition) is 0. The highest BCUT2D eigenvalue weighted by Crippen LogP contribution is 2.40. The number of carbonyl (C=O) groups is 1. The zero-order valence-electron chi connectivity index (χ0n) is 13.2. The average molecular weight is 289 g/mol. The fourth-order valence-electron chi connectivity index (χ4n) is 2.46. The maximum Gasteiger partial charge on any atom is 0.205 e. The highest BCUT2D eigenvalue weighted by molar-refractivity contribution is 6.48. The van der Waals surface area contributed by atoms with Crippen LogP contribution in [-0.4, -0.2) is 14.8 Å². The lowest BCUT2D eigenvalue weighted by molar-refractivity contribution is 0.0826. The first kappa shape index (κ1) is 15.5. The second kappa shape index (κ2) is 5.82. The van der Waals surface area contributed by atoms with Crippen molar-refractivity contribution in [1.82, 2.24) is 0 Å². The molecule has 0 amide bonds. The molecule has 0 N–H and O–H groups in total. The number of hydrogen-bond acceptors (Lipinski definition) is 2. The first-order valence-electron chi connectivity index (χ1n) is 7.40. The monoisotopic (exact) mass is 289 g/mol. The Morgan fingerprint density at radius 1 is 1.25 bits per heavy atom. The Bertz CT molecular complexity index is 484. The fraction of sp³-hybridized carbons (Fsp3) is 0.588. The predicted octanol–water partition coefficient (Wildman–Crippen LogP) is 4.63. The molecule has 2 rings (SSSR count). The highest BCUT2D eigenvalue weighted by atomic mass is 28.3. The molecule has 0 aliphatic heterocycles. The zero-order valence-corrected chi connectivity index (χ0v) is 14.2. The Morgan fingerprint density at radius 2 is 1.85 bits per heavy atom. The molecule has 109 valence electrons. The van der Waals surface area contributed by atoms with Gasteiger partial charge in [0.1, 0.15) is 0 Å². The summed E-state index contributed by atoms with van der Waals surface area (Å²) >= 11 is 0. The molecule has 1 aromatic rings. The Hall–Kier alpha value is -0.933. The molecule has 3 heteroatoms. The second-order valence-corrected chi connectivity index (χ2v) is 9.05. The quantitative estimate of drug-likeness (QED) is 0.583. The van der Waals surface area contributed by atoms with E-state index in [1.54, 1.807) is 0 Å². The van der Waals surface area contributed by atoms with E-state index >= 15 is 0 Å². The fourth-order valence-corrected chi connectivity index (χ4v) is 3.41. The van der Waals surface area contributed by atoms with Gasteiger partial charge in [-0.25, -0.2) is 0 Å². The van der Waals surface area contributed by atoms with Gasteiger partial charge in [0, 0.05) is 11.5 Å². The average Bonchev–Trinajstić information content (AvgIpc) is 3.18. The van der Waals surface area contributed by atoms with Gasteiger partial charge in [0.25, 0.3) is 0 Å². The summed E-state index contributed by atoms with van der Waals surface area (Å²) in [5.41, 5.74) is 1.93. The smallest absolute Gasteiger partial charge is 0.205 e. The summed E-state index contributed by atoms with van der Waals surface area (Å²) in [6.07, 6.45) is 2.08. The molecule has 1 aromatic carbocycles. The van der Waals surface area contributed by atoms with Crippen LogP contribution < -0.4 is 0 Å². The number of carbonyl (C=O) groups excluding carboxylic acids is 1. The normalized spacial score (nSPS) is 17.3. The van der Waals surface area contributed by atoms with E-state index in [1.165, 1.54) is 0 Å². The minimum absolute atomic E-state index is 0.00899. The van der Waals surface area contributed by atoms with Crippen LogP contribution >= 0.6 is 0 Å². The van der Waals surface area contributed by atoms with Crippen LogP contribution in [0.1, 0.15) is 55.6 Å². The molecule has 20 heavy (non-hydrogen) atoms. The van der Waals surface area contributed by atoms with E-state index in [1.807, 2.05) is 18.2 Å². The van der Waals surface area contributed by atoms with Crippen LogP contribution in [0.4, 0.5) is 0 Å². The van der Waals surface area contributed by atoms with Gasteiger partial charge >= 0.3 is 0 Å². The van der Waals surface area contributed by atoms with E-state index in [4.69, 9.17) is 4.43 Å². The molecule has 1 unspecified atom stereocenters. The molecule has 1 saturated carbocycles. The van der Waals surface area contributed by atoms with Crippen molar-refractivity contribution < 1.29 is 9.22 Å². The van der Waals surface area contributed by atoms with E-state index in [2.05, 4.69) is 39.9 Å². The van der Waals surface area contributed by atoms with Crippen molar-refractivity contribution in [3.8, 4) is 0 Å². The first-order chi connectivity index (χ1) is 9.30. The van der Waals surface area contributed by atoms with Crippen molar-refractivity contribution in [2.75, 3.05) is 0 Å². The zero-order chi connectivity index (χ0) is 14.9. The topological polar surface area (TPSA) is 26.3 Å². The first-order valence-corrected chi connectivity index (χ1v) is 9.81. The van der Waals surface area contributed by atoms with Gasteiger partial charge < -0.3 is 4.43 Å². The number of Topliss-reactive ketones (excluding diaryl/α,β-unsaturated/α-hetero) is 1. The summed E-state index contributed by atoms with van der Waals surface area (Å²) in [6.45, 7) is 10.8. The minimum atomic E-state index is -0.820. The molecule has 0 spiro atoms. The lowest BCUT2D eigenvalue weighted by Gasteiger charge is -2.34. The lowest BCUT2D eigenvalue weighted by Crippen LogP contribution is -2.27. The highest BCUT2D eigenvalue weighted by Gasteiger charge is 2.35. The Kier molecular flexibility index (Phi) is 4.50. The molecule has 0 bridgehead atoms. The van der Waals surface area contributed by atoms with E-state index in [0.717, 1.165) is 24.0 Å². The molecule has 1 fully saturated rings. The van der Waals surface area contributed by atoms with Crippen LogP contribution in [-0.2, 0) is 4.43 Å². The van der Waals surface area contributed by atoms with Crippen LogP contribution in [0.2, 0.25) is 13.1 Å². The van der Waals surface area contributed by atoms with Gasteiger partial charge in [0.2, 0.25) is 9.04 Å². The van der Waals surface area contributed by atoms with Crippen molar-refractivity contribution >= 4 is 14.8 Å². The molecule has 1 aliphatic rings. The molecule has 1 atom stereocenters. The van der Waals surface area contributed by atoms with E-state index in [0.29, 0.717) is 5.78 Å². The summed E-state index contributed by atoms with van der Waals surface area (Å²) in [5.74, 6) is 0.559. The Balaban J connectivity index is 2.39. The molecular weight excluding hydrogens is 264 g/mol. The standard InChI is InChI=1S/C17H25O2Si/c1-17(2,3)16(19-20(4)5)14-9-7-6-8-13(14)15(18)12-10-11-12/h6-9,12,16H,10-11H2,1-5H3. The maximum atomic E-state index is 12.5. The largest absolute Gasteiger partial charge is 0.410 e. The van der Waals surface area contributed by atoms with Crippen molar-refractivity contribution in [2.24, 2.45) is 11.3 Å². The van der Waals surface area contributed by atoms with Crippen LogP contribution in [0, 0.1) is 11.3 Å². The molecule has 0 saturated heterocycles. The van der Waals surface area contributed by atoms with Crippen molar-refractivity contribution in [2.45, 2.75) is 52.8 Å². The van der Waals surface area contributed by atoms with E-state index in [-0.39, 0.29) is 17.4 Å². The number of rotatable bonds is 5. The van der Waals surface area contributed by atoms with Gasteiger partial charge in [-0.2, -0.15) is 0 Å². The summed E-state index contributed by atoms with van der Waals surface area (Å²) in [4.78, 5) is 12.5. The maximum absolute atomic E-state index is 12.5. The van der Waals surface area contributed by atoms with Gasteiger partial charge in [-0.1, -0.05) is 45.0 Å². The van der Waals surface area contributed by atoms with E-state index < -0.39 is 9.04 Å². The third-order valence-corrected chi connectivity index (χ3v) is 4.30. The van der Waals surface area contributed by atoms with E-state index in [9.17, 15) is 4.79 Å². The van der Waals surface area contributed by atoms with Crippen molar-refractivity contribution in [3.63, 3.8) is 0 Å². The van der Waals surface area contributed by atoms with Crippen LogP contribution in [0.15, 0.2) is 24.3 Å². The summed E-state index contributed by atoms with van der Waals surface area (Å²) in [5, 5.41) is 0. The van der Waals surface area contributed by atoms with Gasteiger partial charge in [-0.05, 0) is 36.9 Å². The van der Waals surface area contributed by atoms with Gasteiger partial charge in [0.15, 0.2) is 5.78 Å². The molecule has 0 aromatic heterocycles. The lowest BCUT2D eigenvalue weighted by atomic mass is 9.82. The molecular formula is C17H25O2Si. The summed E-state index contributed by atoms with van der Waals surface area (Å²) in [7, 11) is -0.820. The third-order valence-electron chi connectivity index (χ3n) is 3.60. The number of ketones is 1. The molecule has 1 aliphatic carbocycles. The van der Waals surface area contributed by atoms with Crippen molar-refractivity contribution in [1.29, 1.82) is 0 Å². The van der Waals surface area contributed by atoms with Crippen LogP contribution in [0.5, 0.6) is 0 Å². The van der Waals surface area contributed by atoms with Gasteiger partial charge in [-0.3, -0.25) is 4.79 Å². The minimum Gasteiger partial charge on any atom is -0.410 e. The van der Waals surface area contributed by atoms with Gasteiger partial charge in [-0.15, -0.1) is 0 Å².